The summed E-state index contributed by atoms with van der Waals surface area (Å²) in [6.07, 6.45) is 2.74. The molecule has 1 fully saturated rings. The molecule has 0 aliphatic carbocycles. The Morgan fingerprint density at radius 1 is 1.14 bits per heavy atom. The summed E-state index contributed by atoms with van der Waals surface area (Å²) in [7, 11) is 0. The van der Waals surface area contributed by atoms with Crippen LogP contribution in [0.4, 0.5) is 0 Å². The molecule has 1 aromatic carbocycles. The minimum absolute atomic E-state index is 0.488. The van der Waals surface area contributed by atoms with Crippen molar-refractivity contribution in [2.24, 2.45) is 0 Å². The van der Waals surface area contributed by atoms with Crippen LogP contribution in [0, 0.1) is 0 Å². The fraction of sp³-hybridized carbons (Fsp3) is 0.500. The normalized spacial score (nSPS) is 19.8. The van der Waals surface area contributed by atoms with Crippen molar-refractivity contribution in [3.8, 4) is 0 Å². The number of benzene rings is 1. The molecule has 14 heavy (non-hydrogen) atoms. The summed E-state index contributed by atoms with van der Waals surface area (Å²) in [4.78, 5) is 3.02. The quantitative estimate of drug-likeness (QED) is 0.748. The van der Waals surface area contributed by atoms with Crippen LogP contribution >= 0.6 is 15.9 Å². The van der Waals surface area contributed by atoms with Gasteiger partial charge in [-0.25, -0.2) is 0 Å². The largest absolute Gasteiger partial charge is 0.302 e. The van der Waals surface area contributed by atoms with E-state index in [4.69, 9.17) is 0 Å². The average Bonchev–Trinajstić information content (AvgIpc) is 2.72. The molecular weight excluding hydrogens is 238 g/mol. The summed E-state index contributed by atoms with van der Waals surface area (Å²) >= 11 is 3.75. The van der Waals surface area contributed by atoms with Gasteiger partial charge in [-0.05, 0) is 31.5 Å². The topological polar surface area (TPSA) is 3.24 Å². The van der Waals surface area contributed by atoms with Crippen LogP contribution in [0.2, 0.25) is 0 Å². The molecule has 0 aromatic heterocycles. The van der Waals surface area contributed by atoms with Crippen molar-refractivity contribution < 1.29 is 0 Å². The van der Waals surface area contributed by atoms with Gasteiger partial charge in [0.05, 0.1) is 4.83 Å². The molecule has 76 valence electrons. The second-order valence-electron chi connectivity index (χ2n) is 3.89. The SMILES string of the molecule is BrC(CN1CCCC1)c1ccccc1. The Balaban J connectivity index is 1.92. The number of nitrogens with zero attached hydrogens (tertiary/aromatic N) is 1. The van der Waals surface area contributed by atoms with Crippen molar-refractivity contribution in [1.29, 1.82) is 0 Å². The Morgan fingerprint density at radius 3 is 2.43 bits per heavy atom. The number of likely N-dealkylation sites (tertiary alicyclic amines) is 1. The Labute approximate surface area is 94.2 Å². The molecule has 1 nitrogen and oxygen atoms in total. The molecule has 1 atom stereocenters. The van der Waals surface area contributed by atoms with E-state index >= 15 is 0 Å². The summed E-state index contributed by atoms with van der Waals surface area (Å²) in [6.45, 7) is 3.69. The Kier molecular flexibility index (Phi) is 3.60. The van der Waals surface area contributed by atoms with E-state index in [0.29, 0.717) is 4.83 Å². The summed E-state index contributed by atoms with van der Waals surface area (Å²) < 4.78 is 0. The maximum atomic E-state index is 3.75. The van der Waals surface area contributed by atoms with Crippen molar-refractivity contribution >= 4 is 15.9 Å². The van der Waals surface area contributed by atoms with Gasteiger partial charge in [-0.2, -0.15) is 0 Å². The fourth-order valence-electron chi connectivity index (χ4n) is 1.96. The van der Waals surface area contributed by atoms with Gasteiger partial charge in [-0.15, -0.1) is 0 Å². The van der Waals surface area contributed by atoms with Gasteiger partial charge < -0.3 is 4.90 Å². The highest BCUT2D eigenvalue weighted by Gasteiger charge is 2.16. The van der Waals surface area contributed by atoms with Crippen molar-refractivity contribution in [2.75, 3.05) is 19.6 Å². The summed E-state index contributed by atoms with van der Waals surface area (Å²) in [5.41, 5.74) is 1.39. The molecule has 0 radical (unpaired) electrons. The van der Waals surface area contributed by atoms with E-state index in [0.717, 1.165) is 6.54 Å². The van der Waals surface area contributed by atoms with Crippen LogP contribution < -0.4 is 0 Å². The smallest absolute Gasteiger partial charge is 0.0522 e. The lowest BCUT2D eigenvalue weighted by atomic mass is 10.1. The third kappa shape index (κ3) is 2.58. The van der Waals surface area contributed by atoms with Gasteiger partial charge >= 0.3 is 0 Å². The monoisotopic (exact) mass is 253 g/mol. The van der Waals surface area contributed by atoms with Gasteiger partial charge in [0.25, 0.3) is 0 Å². The molecule has 1 aromatic rings. The van der Waals surface area contributed by atoms with Crippen molar-refractivity contribution in [3.05, 3.63) is 35.9 Å². The first-order valence-electron chi connectivity index (χ1n) is 5.27. The fourth-order valence-corrected chi connectivity index (χ4v) is 2.67. The van der Waals surface area contributed by atoms with Gasteiger partial charge in [0.1, 0.15) is 0 Å². The molecule has 1 heterocycles. The maximum absolute atomic E-state index is 3.75. The minimum Gasteiger partial charge on any atom is -0.302 e. The van der Waals surface area contributed by atoms with Crippen LogP contribution in [0.15, 0.2) is 30.3 Å². The molecular formula is C12H16BrN. The predicted molar refractivity (Wildman–Crippen MR) is 63.8 cm³/mol. The number of halogens is 1. The van der Waals surface area contributed by atoms with Crippen LogP contribution in [0.25, 0.3) is 0 Å². The molecule has 1 saturated heterocycles. The van der Waals surface area contributed by atoms with Gasteiger partial charge in [0.2, 0.25) is 0 Å². The lowest BCUT2D eigenvalue weighted by Crippen LogP contribution is -2.23. The van der Waals surface area contributed by atoms with E-state index in [2.05, 4.69) is 51.2 Å². The Hall–Kier alpha value is -0.340. The van der Waals surface area contributed by atoms with Gasteiger partial charge in [-0.1, -0.05) is 46.3 Å². The average molecular weight is 254 g/mol. The van der Waals surface area contributed by atoms with Gasteiger partial charge in [0, 0.05) is 6.54 Å². The second kappa shape index (κ2) is 4.94. The van der Waals surface area contributed by atoms with Crippen LogP contribution in [0.5, 0.6) is 0 Å². The summed E-state index contributed by atoms with van der Waals surface area (Å²) in [5, 5.41) is 0. The molecule has 1 unspecified atom stereocenters. The summed E-state index contributed by atoms with van der Waals surface area (Å²) in [6, 6.07) is 10.7. The zero-order chi connectivity index (χ0) is 9.80. The highest BCUT2D eigenvalue weighted by Crippen LogP contribution is 2.24. The van der Waals surface area contributed by atoms with E-state index in [1.807, 2.05) is 0 Å². The standard InChI is InChI=1S/C12H16BrN/c13-12(10-14-8-4-5-9-14)11-6-2-1-3-7-11/h1-3,6-7,12H,4-5,8-10H2. The number of hydrogen-bond donors (Lipinski definition) is 0. The minimum atomic E-state index is 0.488. The molecule has 0 bridgehead atoms. The van der Waals surface area contributed by atoms with Crippen LogP contribution in [0.3, 0.4) is 0 Å². The van der Waals surface area contributed by atoms with E-state index in [9.17, 15) is 0 Å². The highest BCUT2D eigenvalue weighted by atomic mass is 79.9. The van der Waals surface area contributed by atoms with E-state index < -0.39 is 0 Å². The zero-order valence-corrected chi connectivity index (χ0v) is 9.91. The third-order valence-corrected chi connectivity index (χ3v) is 3.60. The molecule has 1 aliphatic rings. The van der Waals surface area contributed by atoms with E-state index in [1.165, 1.54) is 31.5 Å². The molecule has 2 rings (SSSR count). The lowest BCUT2D eigenvalue weighted by molar-refractivity contribution is 0.342. The van der Waals surface area contributed by atoms with Gasteiger partial charge in [-0.3, -0.25) is 0 Å². The molecule has 0 amide bonds. The molecule has 1 aliphatic heterocycles. The number of alkyl halides is 1. The predicted octanol–water partition coefficient (Wildman–Crippen LogP) is 3.22. The van der Waals surface area contributed by atoms with Crippen LogP contribution in [-0.2, 0) is 0 Å². The molecule has 0 spiro atoms. The second-order valence-corrected chi connectivity index (χ2v) is 4.99. The maximum Gasteiger partial charge on any atom is 0.0522 e. The van der Waals surface area contributed by atoms with Gasteiger partial charge in [0.15, 0.2) is 0 Å². The molecule has 0 N–H and O–H groups in total. The van der Waals surface area contributed by atoms with E-state index in [-0.39, 0.29) is 0 Å². The first kappa shape index (κ1) is 10.2. The van der Waals surface area contributed by atoms with Crippen LogP contribution in [-0.4, -0.2) is 24.5 Å². The first-order valence-corrected chi connectivity index (χ1v) is 6.19. The molecule has 0 saturated carbocycles. The van der Waals surface area contributed by atoms with Crippen molar-refractivity contribution in [1.82, 2.24) is 4.90 Å². The Morgan fingerprint density at radius 2 is 1.79 bits per heavy atom. The summed E-state index contributed by atoms with van der Waals surface area (Å²) in [5.74, 6) is 0. The zero-order valence-electron chi connectivity index (χ0n) is 8.32. The third-order valence-electron chi connectivity index (χ3n) is 2.78. The number of hydrogen-bond acceptors (Lipinski definition) is 1. The lowest BCUT2D eigenvalue weighted by Gasteiger charge is -2.19. The van der Waals surface area contributed by atoms with Crippen LogP contribution in [0.1, 0.15) is 23.2 Å². The van der Waals surface area contributed by atoms with Crippen molar-refractivity contribution in [2.45, 2.75) is 17.7 Å². The Bertz CT molecular complexity index is 267. The highest BCUT2D eigenvalue weighted by molar-refractivity contribution is 9.09. The van der Waals surface area contributed by atoms with Crippen molar-refractivity contribution in [3.63, 3.8) is 0 Å². The first-order chi connectivity index (χ1) is 6.86. The molecule has 2 heteroatoms. The number of rotatable bonds is 3. The van der Waals surface area contributed by atoms with E-state index in [1.54, 1.807) is 0 Å².